The molecule has 0 saturated heterocycles. The molecule has 0 amide bonds. The lowest BCUT2D eigenvalue weighted by Gasteiger charge is -2.16. The number of ether oxygens (including phenoxy) is 4. The van der Waals surface area contributed by atoms with Crippen molar-refractivity contribution >= 4 is 29.9 Å². The molecule has 25 heavy (non-hydrogen) atoms. The normalized spacial score (nSPS) is 10.7. The second-order valence-electron chi connectivity index (χ2n) is 4.94. The van der Waals surface area contributed by atoms with E-state index < -0.39 is 0 Å². The fraction of sp³-hybridized carbons (Fsp3) is 0.588. The van der Waals surface area contributed by atoms with E-state index >= 15 is 0 Å². The zero-order valence-corrected chi connectivity index (χ0v) is 18.0. The van der Waals surface area contributed by atoms with E-state index in [-0.39, 0.29) is 24.0 Å². The van der Waals surface area contributed by atoms with E-state index in [1.807, 2.05) is 19.1 Å². The highest BCUT2D eigenvalue weighted by molar-refractivity contribution is 14.0. The van der Waals surface area contributed by atoms with Crippen molar-refractivity contribution in [1.29, 1.82) is 0 Å². The minimum absolute atomic E-state index is 0. The smallest absolute Gasteiger partial charge is 0.203 e. The summed E-state index contributed by atoms with van der Waals surface area (Å²) in [5.41, 5.74) is 1.00. The van der Waals surface area contributed by atoms with Gasteiger partial charge in [0.25, 0.3) is 0 Å². The number of halogens is 1. The molecule has 144 valence electrons. The maximum absolute atomic E-state index is 5.36. The average molecular weight is 467 g/mol. The topological polar surface area (TPSA) is 73.3 Å². The van der Waals surface area contributed by atoms with Crippen LogP contribution in [0, 0.1) is 0 Å². The number of methoxy groups -OCH3 is 3. The summed E-state index contributed by atoms with van der Waals surface area (Å²) >= 11 is 0. The largest absolute Gasteiger partial charge is 0.493 e. The fourth-order valence-electron chi connectivity index (χ4n) is 2.17. The Bertz CT molecular complexity index is 502. The Balaban J connectivity index is 0.00000576. The molecule has 0 aliphatic heterocycles. The summed E-state index contributed by atoms with van der Waals surface area (Å²) in [5, 5.41) is 6.51. The van der Waals surface area contributed by atoms with Crippen LogP contribution in [0.25, 0.3) is 0 Å². The predicted molar refractivity (Wildman–Crippen MR) is 111 cm³/mol. The highest BCUT2D eigenvalue weighted by Crippen LogP contribution is 2.38. The number of guanidine groups is 1. The van der Waals surface area contributed by atoms with Crippen LogP contribution in [-0.4, -0.2) is 54.1 Å². The first kappa shape index (κ1) is 23.6. The Morgan fingerprint density at radius 1 is 1.04 bits per heavy atom. The lowest BCUT2D eigenvalue weighted by atomic mass is 10.2. The van der Waals surface area contributed by atoms with E-state index in [9.17, 15) is 0 Å². The molecule has 0 spiro atoms. The summed E-state index contributed by atoms with van der Waals surface area (Å²) in [5.74, 6) is 2.59. The standard InChI is InChI=1S/C17H29N3O4.HI/c1-6-24-9-7-8-19-17(18-2)20-12-13-10-14(21-3)16(23-5)15(11-13)22-4;/h10-11H,6-9,12H2,1-5H3,(H2,18,19,20);1H. The highest BCUT2D eigenvalue weighted by atomic mass is 127. The molecule has 1 aromatic rings. The van der Waals surface area contributed by atoms with Crippen LogP contribution in [0.4, 0.5) is 0 Å². The van der Waals surface area contributed by atoms with Crippen molar-refractivity contribution in [3.05, 3.63) is 17.7 Å². The van der Waals surface area contributed by atoms with Crippen LogP contribution in [0.15, 0.2) is 17.1 Å². The van der Waals surface area contributed by atoms with E-state index in [0.717, 1.165) is 37.7 Å². The van der Waals surface area contributed by atoms with E-state index in [0.29, 0.717) is 23.8 Å². The molecule has 0 aliphatic rings. The van der Waals surface area contributed by atoms with Gasteiger partial charge in [-0.1, -0.05) is 0 Å². The van der Waals surface area contributed by atoms with Crippen molar-refractivity contribution in [1.82, 2.24) is 10.6 Å². The number of hydrogen-bond acceptors (Lipinski definition) is 5. The SMILES string of the molecule is CCOCCCNC(=NC)NCc1cc(OC)c(OC)c(OC)c1.I. The van der Waals surface area contributed by atoms with Gasteiger partial charge in [0.15, 0.2) is 17.5 Å². The molecule has 0 aromatic heterocycles. The lowest BCUT2D eigenvalue weighted by molar-refractivity contribution is 0.145. The first-order valence-electron chi connectivity index (χ1n) is 8.01. The third kappa shape index (κ3) is 8.00. The van der Waals surface area contributed by atoms with Crippen LogP contribution in [-0.2, 0) is 11.3 Å². The van der Waals surface area contributed by atoms with Crippen molar-refractivity contribution in [3.8, 4) is 17.2 Å². The second-order valence-corrected chi connectivity index (χ2v) is 4.94. The number of hydrogen-bond donors (Lipinski definition) is 2. The summed E-state index contributed by atoms with van der Waals surface area (Å²) in [6, 6.07) is 3.83. The molecule has 0 bridgehead atoms. The van der Waals surface area contributed by atoms with Gasteiger partial charge in [-0.25, -0.2) is 0 Å². The Kier molecular flexibility index (Phi) is 13.0. The summed E-state index contributed by atoms with van der Waals surface area (Å²) in [6.07, 6.45) is 0.929. The van der Waals surface area contributed by atoms with Gasteiger partial charge in [-0.3, -0.25) is 4.99 Å². The fourth-order valence-corrected chi connectivity index (χ4v) is 2.17. The van der Waals surface area contributed by atoms with Crippen molar-refractivity contribution in [2.75, 3.05) is 48.1 Å². The van der Waals surface area contributed by atoms with E-state index in [4.69, 9.17) is 18.9 Å². The average Bonchev–Trinajstić information content (AvgIpc) is 2.62. The molecule has 0 radical (unpaired) electrons. The van der Waals surface area contributed by atoms with Gasteiger partial charge >= 0.3 is 0 Å². The van der Waals surface area contributed by atoms with Crippen molar-refractivity contribution in [2.45, 2.75) is 19.9 Å². The lowest BCUT2D eigenvalue weighted by Crippen LogP contribution is -2.37. The molecule has 0 saturated carbocycles. The number of benzene rings is 1. The molecule has 1 rings (SSSR count). The van der Waals surface area contributed by atoms with Gasteiger partial charge in [-0.15, -0.1) is 24.0 Å². The zero-order chi connectivity index (χ0) is 17.8. The molecule has 8 heteroatoms. The zero-order valence-electron chi connectivity index (χ0n) is 15.7. The summed E-state index contributed by atoms with van der Waals surface area (Å²) in [6.45, 7) is 4.86. The summed E-state index contributed by atoms with van der Waals surface area (Å²) in [4.78, 5) is 4.21. The van der Waals surface area contributed by atoms with Crippen LogP contribution in [0.3, 0.4) is 0 Å². The van der Waals surface area contributed by atoms with Crippen molar-refractivity contribution in [2.24, 2.45) is 4.99 Å². The van der Waals surface area contributed by atoms with Crippen LogP contribution < -0.4 is 24.8 Å². The molecular weight excluding hydrogens is 437 g/mol. The van der Waals surface area contributed by atoms with Gasteiger partial charge in [0.05, 0.1) is 21.3 Å². The quantitative estimate of drug-likeness (QED) is 0.238. The van der Waals surface area contributed by atoms with Crippen molar-refractivity contribution < 1.29 is 18.9 Å². The third-order valence-corrected chi connectivity index (χ3v) is 3.37. The maximum atomic E-state index is 5.36. The van der Waals surface area contributed by atoms with Gasteiger partial charge < -0.3 is 29.6 Å². The van der Waals surface area contributed by atoms with Crippen LogP contribution >= 0.6 is 24.0 Å². The maximum Gasteiger partial charge on any atom is 0.203 e. The van der Waals surface area contributed by atoms with Gasteiger partial charge in [-0.2, -0.15) is 0 Å². The van der Waals surface area contributed by atoms with E-state index in [1.54, 1.807) is 28.4 Å². The Morgan fingerprint density at radius 3 is 2.16 bits per heavy atom. The molecule has 0 unspecified atom stereocenters. The predicted octanol–water partition coefficient (Wildman–Crippen LogP) is 2.42. The van der Waals surface area contributed by atoms with Gasteiger partial charge in [0.1, 0.15) is 0 Å². The number of aliphatic imine (C=N–C) groups is 1. The second kappa shape index (κ2) is 13.8. The van der Waals surface area contributed by atoms with Gasteiger partial charge in [0.2, 0.25) is 5.75 Å². The van der Waals surface area contributed by atoms with Crippen LogP contribution in [0.1, 0.15) is 18.9 Å². The van der Waals surface area contributed by atoms with E-state index in [1.165, 1.54) is 0 Å². The van der Waals surface area contributed by atoms with Gasteiger partial charge in [-0.05, 0) is 31.0 Å². The monoisotopic (exact) mass is 467 g/mol. The minimum atomic E-state index is 0. The van der Waals surface area contributed by atoms with Crippen molar-refractivity contribution in [3.63, 3.8) is 0 Å². The van der Waals surface area contributed by atoms with Crippen LogP contribution in [0.5, 0.6) is 17.2 Å². The number of rotatable bonds is 10. The third-order valence-electron chi connectivity index (χ3n) is 3.37. The number of nitrogens with zero attached hydrogens (tertiary/aromatic N) is 1. The molecule has 0 atom stereocenters. The molecule has 0 heterocycles. The van der Waals surface area contributed by atoms with Gasteiger partial charge in [0, 0.05) is 33.4 Å². The molecule has 2 N–H and O–H groups in total. The molecular formula is C17H30IN3O4. The molecule has 0 fully saturated rings. The number of nitrogens with one attached hydrogen (secondary N) is 2. The first-order valence-corrected chi connectivity index (χ1v) is 8.01. The Labute approximate surface area is 167 Å². The van der Waals surface area contributed by atoms with E-state index in [2.05, 4.69) is 15.6 Å². The summed E-state index contributed by atoms with van der Waals surface area (Å²) in [7, 11) is 6.54. The molecule has 0 aliphatic carbocycles. The van der Waals surface area contributed by atoms with Crippen LogP contribution in [0.2, 0.25) is 0 Å². The highest BCUT2D eigenvalue weighted by Gasteiger charge is 2.13. The molecule has 1 aromatic carbocycles. The Hall–Kier alpha value is -1.42. The summed E-state index contributed by atoms with van der Waals surface area (Å²) < 4.78 is 21.4. The first-order chi connectivity index (χ1) is 11.7. The Morgan fingerprint density at radius 2 is 1.68 bits per heavy atom. The molecule has 7 nitrogen and oxygen atoms in total. The minimum Gasteiger partial charge on any atom is -0.493 e.